The van der Waals surface area contributed by atoms with Gasteiger partial charge in [-0.3, -0.25) is 9.48 Å². The van der Waals surface area contributed by atoms with Crippen molar-refractivity contribution < 1.29 is 18.3 Å². The normalized spacial score (nSPS) is 13.3. The highest BCUT2D eigenvalue weighted by Gasteiger charge is 2.28. The zero-order chi connectivity index (χ0) is 18.8. The highest BCUT2D eigenvalue weighted by atomic mass is 19.1. The zero-order valence-corrected chi connectivity index (χ0v) is 14.4. The van der Waals surface area contributed by atoms with Crippen LogP contribution in [0.1, 0.15) is 21.7 Å². The highest BCUT2D eigenvalue weighted by Crippen LogP contribution is 2.22. The molecular formula is C20H17F2N3O2. The summed E-state index contributed by atoms with van der Waals surface area (Å²) in [5.74, 6) is -0.905. The molecule has 1 aliphatic rings. The standard InChI is InChI=1S/C20H17F2N3O2/c21-16-9-5-4-8-15(16)20(26)24-10-11-25-18(12-24)19(22)17(23-25)13-27-14-6-2-1-3-7-14/h1-9H,10-13H2. The van der Waals surface area contributed by atoms with Gasteiger partial charge in [0, 0.05) is 6.54 Å². The fraction of sp³-hybridized carbons (Fsp3) is 0.200. The predicted molar refractivity (Wildman–Crippen MR) is 94.1 cm³/mol. The summed E-state index contributed by atoms with van der Waals surface area (Å²) in [6.07, 6.45) is 0. The molecule has 3 aromatic rings. The first-order chi connectivity index (χ1) is 13.1. The van der Waals surface area contributed by atoms with Gasteiger partial charge < -0.3 is 9.64 Å². The van der Waals surface area contributed by atoms with Gasteiger partial charge in [-0.2, -0.15) is 5.10 Å². The van der Waals surface area contributed by atoms with E-state index in [-0.39, 0.29) is 24.4 Å². The van der Waals surface area contributed by atoms with Gasteiger partial charge in [-0.25, -0.2) is 8.78 Å². The predicted octanol–water partition coefficient (Wildman–Crippen LogP) is 3.40. The van der Waals surface area contributed by atoms with Crippen LogP contribution in [0.4, 0.5) is 8.78 Å². The molecule has 138 valence electrons. The molecule has 0 fully saturated rings. The van der Waals surface area contributed by atoms with Gasteiger partial charge in [-0.05, 0) is 24.3 Å². The van der Waals surface area contributed by atoms with Gasteiger partial charge >= 0.3 is 0 Å². The van der Waals surface area contributed by atoms with Crippen molar-refractivity contribution in [1.29, 1.82) is 0 Å². The number of carbonyl (C=O) groups is 1. The second-order valence-electron chi connectivity index (χ2n) is 6.24. The Bertz CT molecular complexity index is 973. The number of halogens is 2. The lowest BCUT2D eigenvalue weighted by molar-refractivity contribution is 0.0698. The summed E-state index contributed by atoms with van der Waals surface area (Å²) >= 11 is 0. The lowest BCUT2D eigenvalue weighted by Crippen LogP contribution is -2.39. The smallest absolute Gasteiger partial charge is 0.257 e. The largest absolute Gasteiger partial charge is 0.487 e. The Morgan fingerprint density at radius 3 is 2.56 bits per heavy atom. The van der Waals surface area contributed by atoms with Gasteiger partial charge in [0.25, 0.3) is 5.91 Å². The first-order valence-corrected chi connectivity index (χ1v) is 8.59. The van der Waals surface area contributed by atoms with Crippen LogP contribution in [0.25, 0.3) is 0 Å². The monoisotopic (exact) mass is 369 g/mol. The number of nitrogens with zero attached hydrogens (tertiary/aromatic N) is 3. The molecule has 27 heavy (non-hydrogen) atoms. The van der Waals surface area contributed by atoms with Crippen LogP contribution in [0.5, 0.6) is 5.75 Å². The number of benzene rings is 2. The molecule has 1 amide bonds. The molecule has 5 nitrogen and oxygen atoms in total. The van der Waals surface area contributed by atoms with Crippen LogP contribution in [0.3, 0.4) is 0 Å². The van der Waals surface area contributed by atoms with E-state index in [0.717, 1.165) is 0 Å². The van der Waals surface area contributed by atoms with Gasteiger partial charge in [0.15, 0.2) is 5.82 Å². The minimum atomic E-state index is -0.584. The van der Waals surface area contributed by atoms with E-state index in [2.05, 4.69) is 5.10 Å². The van der Waals surface area contributed by atoms with Crippen molar-refractivity contribution >= 4 is 5.91 Å². The Labute approximate surface area is 154 Å². The van der Waals surface area contributed by atoms with E-state index in [1.54, 1.807) is 22.9 Å². The number of carbonyl (C=O) groups excluding carboxylic acids is 1. The molecule has 2 heterocycles. The molecular weight excluding hydrogens is 352 g/mol. The Hall–Kier alpha value is -3.22. The van der Waals surface area contributed by atoms with E-state index in [1.165, 1.54) is 23.1 Å². The average molecular weight is 369 g/mol. The third-order valence-corrected chi connectivity index (χ3v) is 4.49. The van der Waals surface area contributed by atoms with Crippen LogP contribution in [-0.4, -0.2) is 27.1 Å². The maximum Gasteiger partial charge on any atom is 0.257 e. The summed E-state index contributed by atoms with van der Waals surface area (Å²) < 4.78 is 35.8. The highest BCUT2D eigenvalue weighted by molar-refractivity contribution is 5.94. The van der Waals surface area contributed by atoms with Crippen molar-refractivity contribution in [2.75, 3.05) is 6.54 Å². The van der Waals surface area contributed by atoms with Gasteiger partial charge in [-0.15, -0.1) is 0 Å². The van der Waals surface area contributed by atoms with E-state index in [0.29, 0.717) is 24.5 Å². The molecule has 0 radical (unpaired) electrons. The van der Waals surface area contributed by atoms with Crippen molar-refractivity contribution in [2.24, 2.45) is 0 Å². The summed E-state index contributed by atoms with van der Waals surface area (Å²) in [5.41, 5.74) is 0.477. The fourth-order valence-corrected chi connectivity index (χ4v) is 3.08. The first-order valence-electron chi connectivity index (χ1n) is 8.59. The molecule has 0 aliphatic carbocycles. The SMILES string of the molecule is O=C(c1ccccc1F)N1CCn2nc(COc3ccccc3)c(F)c2C1. The second kappa shape index (κ2) is 7.19. The molecule has 2 aromatic carbocycles. The van der Waals surface area contributed by atoms with Crippen LogP contribution in [-0.2, 0) is 19.7 Å². The quantitative estimate of drug-likeness (QED) is 0.708. The second-order valence-corrected chi connectivity index (χ2v) is 6.24. The van der Waals surface area contributed by atoms with E-state index in [9.17, 15) is 13.6 Å². The van der Waals surface area contributed by atoms with Crippen LogP contribution in [0.15, 0.2) is 54.6 Å². The fourth-order valence-electron chi connectivity index (χ4n) is 3.08. The summed E-state index contributed by atoms with van der Waals surface area (Å²) in [5, 5.41) is 4.25. The number of hydrogen-bond donors (Lipinski definition) is 0. The minimum absolute atomic E-state index is 0.00287. The third-order valence-electron chi connectivity index (χ3n) is 4.49. The van der Waals surface area contributed by atoms with Crippen LogP contribution >= 0.6 is 0 Å². The molecule has 0 saturated heterocycles. The van der Waals surface area contributed by atoms with Gasteiger partial charge in [-0.1, -0.05) is 30.3 Å². The molecule has 7 heteroatoms. The Balaban J connectivity index is 1.50. The number of amides is 1. The Morgan fingerprint density at radius 1 is 1.04 bits per heavy atom. The van der Waals surface area contributed by atoms with E-state index >= 15 is 0 Å². The zero-order valence-electron chi connectivity index (χ0n) is 14.4. The lowest BCUT2D eigenvalue weighted by Gasteiger charge is -2.27. The molecule has 0 bridgehead atoms. The van der Waals surface area contributed by atoms with Crippen LogP contribution in [0, 0.1) is 11.6 Å². The number of fused-ring (bicyclic) bond motifs is 1. The molecule has 1 aromatic heterocycles. The number of aromatic nitrogens is 2. The number of rotatable bonds is 4. The van der Waals surface area contributed by atoms with Crippen molar-refractivity contribution in [1.82, 2.24) is 14.7 Å². The molecule has 0 spiro atoms. The molecule has 4 rings (SSSR count). The number of ether oxygens (including phenoxy) is 1. The Kier molecular flexibility index (Phi) is 4.58. The van der Waals surface area contributed by atoms with Crippen molar-refractivity contribution in [3.63, 3.8) is 0 Å². The summed E-state index contributed by atoms with van der Waals surface area (Å²) in [6.45, 7) is 0.715. The van der Waals surface area contributed by atoms with Crippen molar-refractivity contribution in [3.05, 3.63) is 83.2 Å². The molecule has 0 N–H and O–H groups in total. The molecule has 1 aliphatic heterocycles. The third kappa shape index (κ3) is 3.40. The first kappa shape index (κ1) is 17.2. The Morgan fingerprint density at radius 2 is 1.78 bits per heavy atom. The van der Waals surface area contributed by atoms with Gasteiger partial charge in [0.05, 0.1) is 24.3 Å². The van der Waals surface area contributed by atoms with E-state index in [4.69, 9.17) is 4.74 Å². The number of hydrogen-bond acceptors (Lipinski definition) is 3. The molecule has 0 unspecified atom stereocenters. The van der Waals surface area contributed by atoms with E-state index < -0.39 is 17.5 Å². The summed E-state index contributed by atoms with van der Waals surface area (Å²) in [4.78, 5) is 14.0. The molecule has 0 saturated carbocycles. The minimum Gasteiger partial charge on any atom is -0.487 e. The average Bonchev–Trinajstić information content (AvgIpc) is 3.02. The van der Waals surface area contributed by atoms with Crippen molar-refractivity contribution in [3.8, 4) is 5.75 Å². The maximum absolute atomic E-state index is 14.8. The van der Waals surface area contributed by atoms with Gasteiger partial charge in [0.2, 0.25) is 0 Å². The summed E-state index contributed by atoms with van der Waals surface area (Å²) in [7, 11) is 0. The van der Waals surface area contributed by atoms with Crippen molar-refractivity contribution in [2.45, 2.75) is 19.7 Å². The number of para-hydroxylation sites is 1. The van der Waals surface area contributed by atoms with Gasteiger partial charge in [0.1, 0.15) is 23.9 Å². The molecule has 0 atom stereocenters. The summed E-state index contributed by atoms with van der Waals surface area (Å²) in [6, 6.07) is 14.9. The van der Waals surface area contributed by atoms with E-state index in [1.807, 2.05) is 18.2 Å². The van der Waals surface area contributed by atoms with Crippen LogP contribution < -0.4 is 4.74 Å². The lowest BCUT2D eigenvalue weighted by atomic mass is 10.1. The maximum atomic E-state index is 14.8. The topological polar surface area (TPSA) is 47.4 Å². The van der Waals surface area contributed by atoms with Crippen LogP contribution in [0.2, 0.25) is 0 Å².